The highest BCUT2D eigenvalue weighted by Crippen LogP contribution is 2.27. The number of rotatable bonds is 4. The zero-order valence-corrected chi connectivity index (χ0v) is 11.6. The molecule has 0 aliphatic carbocycles. The van der Waals surface area contributed by atoms with Gasteiger partial charge < -0.3 is 0 Å². The fourth-order valence-electron chi connectivity index (χ4n) is 2.23. The third-order valence-electron chi connectivity index (χ3n) is 3.12. The van der Waals surface area contributed by atoms with E-state index in [1.165, 1.54) is 36.8 Å². The molecular formula is C16H26. The molecule has 1 rings (SSSR count). The summed E-state index contributed by atoms with van der Waals surface area (Å²) in [6, 6.07) is 6.93. The minimum Gasteiger partial charge on any atom is -0.0654 e. The van der Waals surface area contributed by atoms with Crippen LogP contribution in [0.25, 0.3) is 0 Å². The van der Waals surface area contributed by atoms with E-state index in [-0.39, 0.29) is 5.41 Å². The Hall–Kier alpha value is -0.780. The summed E-state index contributed by atoms with van der Waals surface area (Å²) < 4.78 is 0. The monoisotopic (exact) mass is 218 g/mol. The van der Waals surface area contributed by atoms with Gasteiger partial charge in [0.05, 0.1) is 0 Å². The van der Waals surface area contributed by atoms with Crippen LogP contribution in [0.5, 0.6) is 0 Å². The molecule has 0 atom stereocenters. The van der Waals surface area contributed by atoms with Crippen molar-refractivity contribution >= 4 is 0 Å². The summed E-state index contributed by atoms with van der Waals surface area (Å²) >= 11 is 0. The van der Waals surface area contributed by atoms with Gasteiger partial charge in [0.25, 0.3) is 0 Å². The van der Waals surface area contributed by atoms with Crippen LogP contribution in [0, 0.1) is 6.92 Å². The SMILES string of the molecule is CCCCCc1cc(C)ccc1C(C)(C)C. The lowest BCUT2D eigenvalue weighted by molar-refractivity contribution is 0.578. The topological polar surface area (TPSA) is 0 Å². The maximum Gasteiger partial charge on any atom is -0.0129 e. The van der Waals surface area contributed by atoms with E-state index >= 15 is 0 Å². The third kappa shape index (κ3) is 3.66. The summed E-state index contributed by atoms with van der Waals surface area (Å²) in [5, 5.41) is 0. The molecule has 0 saturated carbocycles. The second-order valence-corrected chi connectivity index (χ2v) is 5.87. The molecule has 0 nitrogen and oxygen atoms in total. The van der Waals surface area contributed by atoms with Crippen molar-refractivity contribution in [1.29, 1.82) is 0 Å². The average Bonchev–Trinajstić information content (AvgIpc) is 2.16. The predicted molar refractivity (Wildman–Crippen MR) is 73.1 cm³/mol. The predicted octanol–water partition coefficient (Wildman–Crippen LogP) is 5.03. The first-order chi connectivity index (χ1) is 7.45. The van der Waals surface area contributed by atoms with Crippen LogP contribution in [-0.2, 0) is 11.8 Å². The molecule has 0 radical (unpaired) electrons. The van der Waals surface area contributed by atoms with Gasteiger partial charge in [-0.2, -0.15) is 0 Å². The quantitative estimate of drug-likeness (QED) is 0.622. The van der Waals surface area contributed by atoms with Gasteiger partial charge in [-0.05, 0) is 36.3 Å². The average molecular weight is 218 g/mol. The zero-order chi connectivity index (χ0) is 12.2. The normalized spacial score (nSPS) is 11.8. The second-order valence-electron chi connectivity index (χ2n) is 5.87. The molecule has 0 fully saturated rings. The van der Waals surface area contributed by atoms with Crippen molar-refractivity contribution in [2.45, 2.75) is 65.7 Å². The zero-order valence-electron chi connectivity index (χ0n) is 11.6. The Balaban J connectivity index is 2.90. The Morgan fingerprint density at radius 2 is 1.75 bits per heavy atom. The van der Waals surface area contributed by atoms with Gasteiger partial charge in [-0.3, -0.25) is 0 Å². The molecule has 0 heteroatoms. The minimum atomic E-state index is 0.273. The lowest BCUT2D eigenvalue weighted by Crippen LogP contribution is -2.14. The van der Waals surface area contributed by atoms with E-state index < -0.39 is 0 Å². The van der Waals surface area contributed by atoms with E-state index in [4.69, 9.17) is 0 Å². The number of aryl methyl sites for hydroxylation is 2. The fraction of sp³-hybridized carbons (Fsp3) is 0.625. The Kier molecular flexibility index (Phi) is 4.58. The summed E-state index contributed by atoms with van der Waals surface area (Å²) in [4.78, 5) is 0. The van der Waals surface area contributed by atoms with Gasteiger partial charge in [0.1, 0.15) is 0 Å². The highest BCUT2D eigenvalue weighted by molar-refractivity contribution is 5.36. The summed E-state index contributed by atoms with van der Waals surface area (Å²) in [5.41, 5.74) is 4.74. The number of unbranched alkanes of at least 4 members (excludes halogenated alkanes) is 2. The molecule has 0 aliphatic rings. The van der Waals surface area contributed by atoms with E-state index in [2.05, 4.69) is 52.8 Å². The first-order valence-corrected chi connectivity index (χ1v) is 6.55. The molecule has 0 amide bonds. The highest BCUT2D eigenvalue weighted by atomic mass is 14.2. The van der Waals surface area contributed by atoms with Crippen molar-refractivity contribution in [2.24, 2.45) is 0 Å². The molecule has 1 aromatic rings. The van der Waals surface area contributed by atoms with Crippen LogP contribution in [0.1, 0.15) is 63.6 Å². The molecule has 0 spiro atoms. The van der Waals surface area contributed by atoms with Crippen LogP contribution < -0.4 is 0 Å². The molecule has 16 heavy (non-hydrogen) atoms. The lowest BCUT2D eigenvalue weighted by Gasteiger charge is -2.23. The van der Waals surface area contributed by atoms with E-state index in [1.807, 2.05) is 0 Å². The van der Waals surface area contributed by atoms with Crippen molar-refractivity contribution in [3.63, 3.8) is 0 Å². The number of benzene rings is 1. The minimum absolute atomic E-state index is 0.273. The lowest BCUT2D eigenvalue weighted by atomic mass is 9.82. The van der Waals surface area contributed by atoms with Crippen LogP contribution in [0.2, 0.25) is 0 Å². The third-order valence-corrected chi connectivity index (χ3v) is 3.12. The molecule has 1 aromatic carbocycles. The molecule has 90 valence electrons. The van der Waals surface area contributed by atoms with Crippen LogP contribution in [0.4, 0.5) is 0 Å². The van der Waals surface area contributed by atoms with Gasteiger partial charge in [-0.25, -0.2) is 0 Å². The molecule has 0 aromatic heterocycles. The Morgan fingerprint density at radius 1 is 1.06 bits per heavy atom. The molecule has 0 aliphatic heterocycles. The first-order valence-electron chi connectivity index (χ1n) is 6.55. The van der Waals surface area contributed by atoms with Gasteiger partial charge in [0.15, 0.2) is 0 Å². The van der Waals surface area contributed by atoms with E-state index in [0.717, 1.165) is 0 Å². The van der Waals surface area contributed by atoms with Gasteiger partial charge in [0, 0.05) is 0 Å². The van der Waals surface area contributed by atoms with Crippen molar-refractivity contribution in [3.8, 4) is 0 Å². The largest absolute Gasteiger partial charge is 0.0654 e. The highest BCUT2D eigenvalue weighted by Gasteiger charge is 2.17. The second kappa shape index (κ2) is 5.52. The van der Waals surface area contributed by atoms with Crippen molar-refractivity contribution in [2.75, 3.05) is 0 Å². The molecule has 0 N–H and O–H groups in total. The van der Waals surface area contributed by atoms with E-state index in [0.29, 0.717) is 0 Å². The number of hydrogen-bond acceptors (Lipinski definition) is 0. The van der Waals surface area contributed by atoms with E-state index in [9.17, 15) is 0 Å². The van der Waals surface area contributed by atoms with Crippen molar-refractivity contribution in [3.05, 3.63) is 34.9 Å². The summed E-state index contributed by atoms with van der Waals surface area (Å²) in [7, 11) is 0. The summed E-state index contributed by atoms with van der Waals surface area (Å²) in [6.45, 7) is 11.4. The molecule has 0 unspecified atom stereocenters. The molecule has 0 heterocycles. The van der Waals surface area contributed by atoms with Gasteiger partial charge in [0.2, 0.25) is 0 Å². The van der Waals surface area contributed by atoms with Gasteiger partial charge >= 0.3 is 0 Å². The molecular weight excluding hydrogens is 192 g/mol. The Bertz CT molecular complexity index is 328. The van der Waals surface area contributed by atoms with Crippen LogP contribution in [0.15, 0.2) is 18.2 Å². The smallest absolute Gasteiger partial charge is 0.0129 e. The first kappa shape index (κ1) is 13.3. The fourth-order valence-corrected chi connectivity index (χ4v) is 2.23. The summed E-state index contributed by atoms with van der Waals surface area (Å²) in [5.74, 6) is 0. The van der Waals surface area contributed by atoms with E-state index in [1.54, 1.807) is 5.56 Å². The molecule has 0 saturated heterocycles. The van der Waals surface area contributed by atoms with Gasteiger partial charge in [-0.15, -0.1) is 0 Å². The van der Waals surface area contributed by atoms with Crippen molar-refractivity contribution in [1.82, 2.24) is 0 Å². The van der Waals surface area contributed by atoms with Gasteiger partial charge in [-0.1, -0.05) is 64.3 Å². The Labute approximate surface area is 101 Å². The van der Waals surface area contributed by atoms with Crippen LogP contribution in [-0.4, -0.2) is 0 Å². The maximum atomic E-state index is 2.37. The standard InChI is InChI=1S/C16H26/c1-6-7-8-9-14-12-13(2)10-11-15(14)16(3,4)5/h10-12H,6-9H2,1-5H3. The van der Waals surface area contributed by atoms with Crippen LogP contribution >= 0.6 is 0 Å². The van der Waals surface area contributed by atoms with Crippen LogP contribution in [0.3, 0.4) is 0 Å². The molecule has 0 bridgehead atoms. The maximum absolute atomic E-state index is 2.37. The number of hydrogen-bond donors (Lipinski definition) is 0. The van der Waals surface area contributed by atoms with Crippen molar-refractivity contribution < 1.29 is 0 Å². The summed E-state index contributed by atoms with van der Waals surface area (Å²) in [6.07, 6.45) is 5.21. The Morgan fingerprint density at radius 3 is 2.31 bits per heavy atom.